The number of pyridine rings is 1. The number of aromatic nitrogens is 2. The molecule has 2 heterocycles. The highest BCUT2D eigenvalue weighted by Crippen LogP contribution is 2.30. The molecule has 0 saturated heterocycles. The molecule has 140 valence electrons. The molecule has 0 aliphatic carbocycles. The van der Waals surface area contributed by atoms with Gasteiger partial charge in [0.2, 0.25) is 0 Å². The van der Waals surface area contributed by atoms with E-state index in [9.17, 15) is 4.79 Å². The van der Waals surface area contributed by atoms with E-state index in [-0.39, 0.29) is 11.8 Å². The van der Waals surface area contributed by atoms with Crippen molar-refractivity contribution in [2.75, 3.05) is 5.32 Å². The van der Waals surface area contributed by atoms with E-state index in [1.165, 1.54) is 0 Å². The van der Waals surface area contributed by atoms with Crippen LogP contribution in [0.25, 0.3) is 22.2 Å². The molecule has 4 rings (SSSR count). The molecule has 0 bridgehead atoms. The van der Waals surface area contributed by atoms with Gasteiger partial charge in [-0.2, -0.15) is 0 Å². The van der Waals surface area contributed by atoms with Gasteiger partial charge in [0.1, 0.15) is 0 Å². The van der Waals surface area contributed by atoms with Crippen molar-refractivity contribution < 1.29 is 9.32 Å². The topological polar surface area (TPSA) is 68.0 Å². The lowest BCUT2D eigenvalue weighted by atomic mass is 10.0. The minimum absolute atomic E-state index is 0.165. The van der Waals surface area contributed by atoms with Crippen LogP contribution in [-0.2, 0) is 0 Å². The molecule has 1 N–H and O–H groups in total. The molecule has 0 aliphatic rings. The summed E-state index contributed by atoms with van der Waals surface area (Å²) >= 11 is 0. The van der Waals surface area contributed by atoms with Crippen molar-refractivity contribution in [3.63, 3.8) is 0 Å². The van der Waals surface area contributed by atoms with Crippen LogP contribution < -0.4 is 5.32 Å². The standard InChI is InChI=1S/C23H21N3O2/c1-14(2)20-13-18(21-15(3)26-28-23(21)25-20)22(27)24-19-12-8-7-11-17(19)16-9-5-4-6-10-16/h4-14H,1-3H3,(H,24,27). The minimum atomic E-state index is -0.205. The van der Waals surface area contributed by atoms with Crippen molar-refractivity contribution in [3.8, 4) is 11.1 Å². The molecule has 0 saturated carbocycles. The van der Waals surface area contributed by atoms with E-state index >= 15 is 0 Å². The van der Waals surface area contributed by atoms with Crippen LogP contribution in [0.5, 0.6) is 0 Å². The number of fused-ring (bicyclic) bond motifs is 1. The Morgan fingerprint density at radius 2 is 1.75 bits per heavy atom. The van der Waals surface area contributed by atoms with Gasteiger partial charge >= 0.3 is 0 Å². The predicted molar refractivity (Wildman–Crippen MR) is 110 cm³/mol. The Balaban J connectivity index is 1.77. The normalized spacial score (nSPS) is 11.1. The van der Waals surface area contributed by atoms with Crippen molar-refractivity contribution in [1.29, 1.82) is 0 Å². The fraction of sp³-hybridized carbons (Fsp3) is 0.174. The molecule has 1 amide bonds. The number of rotatable bonds is 4. The largest absolute Gasteiger partial charge is 0.336 e. The first kappa shape index (κ1) is 17.9. The van der Waals surface area contributed by atoms with Crippen LogP contribution in [0.3, 0.4) is 0 Å². The number of para-hydroxylation sites is 1. The van der Waals surface area contributed by atoms with Crippen molar-refractivity contribution in [1.82, 2.24) is 10.1 Å². The predicted octanol–water partition coefficient (Wildman–Crippen LogP) is 5.57. The Kier molecular flexibility index (Phi) is 4.65. The number of nitrogens with zero attached hydrogens (tertiary/aromatic N) is 2. The van der Waals surface area contributed by atoms with E-state index < -0.39 is 0 Å². The zero-order valence-electron chi connectivity index (χ0n) is 16.1. The van der Waals surface area contributed by atoms with Crippen LogP contribution in [0.4, 0.5) is 5.69 Å². The Morgan fingerprint density at radius 1 is 1.04 bits per heavy atom. The third kappa shape index (κ3) is 3.27. The first-order valence-corrected chi connectivity index (χ1v) is 9.27. The maximum Gasteiger partial charge on any atom is 0.259 e. The summed E-state index contributed by atoms with van der Waals surface area (Å²) in [5.41, 5.74) is 5.13. The summed E-state index contributed by atoms with van der Waals surface area (Å²) in [6.07, 6.45) is 0. The van der Waals surface area contributed by atoms with Crippen molar-refractivity contribution in [3.05, 3.63) is 77.6 Å². The summed E-state index contributed by atoms with van der Waals surface area (Å²) in [4.78, 5) is 17.7. The summed E-state index contributed by atoms with van der Waals surface area (Å²) in [5.74, 6) is -0.0399. The third-order valence-electron chi connectivity index (χ3n) is 4.73. The zero-order chi connectivity index (χ0) is 19.7. The van der Waals surface area contributed by atoms with Gasteiger partial charge in [-0.3, -0.25) is 4.79 Å². The molecule has 0 radical (unpaired) electrons. The number of carbonyl (C=O) groups is 1. The highest BCUT2D eigenvalue weighted by atomic mass is 16.5. The van der Waals surface area contributed by atoms with Gasteiger partial charge in [0.15, 0.2) is 0 Å². The minimum Gasteiger partial charge on any atom is -0.336 e. The second-order valence-electron chi connectivity index (χ2n) is 7.06. The second kappa shape index (κ2) is 7.27. The van der Waals surface area contributed by atoms with Gasteiger partial charge in [0.05, 0.1) is 16.6 Å². The Morgan fingerprint density at radius 3 is 2.50 bits per heavy atom. The molecule has 2 aromatic carbocycles. The number of hydrogen-bond acceptors (Lipinski definition) is 4. The van der Waals surface area contributed by atoms with Gasteiger partial charge in [-0.05, 0) is 30.5 Å². The number of hydrogen-bond donors (Lipinski definition) is 1. The molecular formula is C23H21N3O2. The molecule has 4 aromatic rings. The second-order valence-corrected chi connectivity index (χ2v) is 7.06. The van der Waals surface area contributed by atoms with E-state index in [4.69, 9.17) is 4.52 Å². The van der Waals surface area contributed by atoms with Crippen LogP contribution in [0.1, 0.15) is 41.5 Å². The summed E-state index contributed by atoms with van der Waals surface area (Å²) in [6, 6.07) is 19.6. The molecule has 0 aliphatic heterocycles. The molecule has 0 unspecified atom stereocenters. The first-order valence-electron chi connectivity index (χ1n) is 9.27. The summed E-state index contributed by atoms with van der Waals surface area (Å²) in [7, 11) is 0. The number of aryl methyl sites for hydroxylation is 1. The first-order chi connectivity index (χ1) is 13.5. The monoisotopic (exact) mass is 371 g/mol. The van der Waals surface area contributed by atoms with Crippen molar-refractivity contribution in [2.24, 2.45) is 0 Å². The highest BCUT2D eigenvalue weighted by molar-refractivity contribution is 6.13. The van der Waals surface area contributed by atoms with Gasteiger partial charge in [-0.15, -0.1) is 0 Å². The van der Waals surface area contributed by atoms with Crippen molar-refractivity contribution in [2.45, 2.75) is 26.7 Å². The number of nitrogens with one attached hydrogen (secondary N) is 1. The summed E-state index contributed by atoms with van der Waals surface area (Å²) < 4.78 is 5.33. The van der Waals surface area contributed by atoms with Crippen LogP contribution >= 0.6 is 0 Å². The van der Waals surface area contributed by atoms with Crippen LogP contribution in [0, 0.1) is 6.92 Å². The zero-order valence-corrected chi connectivity index (χ0v) is 16.1. The number of benzene rings is 2. The van der Waals surface area contributed by atoms with Crippen molar-refractivity contribution >= 4 is 22.7 Å². The lowest BCUT2D eigenvalue weighted by Gasteiger charge is -2.13. The van der Waals surface area contributed by atoms with E-state index in [1.54, 1.807) is 0 Å². The highest BCUT2D eigenvalue weighted by Gasteiger charge is 2.20. The quantitative estimate of drug-likeness (QED) is 0.509. The van der Waals surface area contributed by atoms with Gasteiger partial charge in [0, 0.05) is 16.9 Å². The van der Waals surface area contributed by atoms with Gasteiger partial charge in [0.25, 0.3) is 11.6 Å². The van der Waals surface area contributed by atoms with E-state index in [0.717, 1.165) is 22.5 Å². The average molecular weight is 371 g/mol. The van der Waals surface area contributed by atoms with E-state index in [1.807, 2.05) is 81.4 Å². The molecule has 5 nitrogen and oxygen atoms in total. The smallest absolute Gasteiger partial charge is 0.259 e. The average Bonchev–Trinajstić information content (AvgIpc) is 3.09. The number of anilines is 1. The molecule has 0 fully saturated rings. The molecule has 0 spiro atoms. The maximum absolute atomic E-state index is 13.2. The Hall–Kier alpha value is -3.47. The number of carbonyl (C=O) groups excluding carboxylic acids is 1. The summed E-state index contributed by atoms with van der Waals surface area (Å²) in [5, 5.41) is 7.71. The number of amides is 1. The van der Waals surface area contributed by atoms with E-state index in [2.05, 4.69) is 15.5 Å². The molecular weight excluding hydrogens is 350 g/mol. The lowest BCUT2D eigenvalue weighted by Crippen LogP contribution is -2.14. The maximum atomic E-state index is 13.2. The fourth-order valence-corrected chi connectivity index (χ4v) is 3.24. The molecule has 0 atom stereocenters. The van der Waals surface area contributed by atoms with Crippen LogP contribution in [0.15, 0.2) is 65.2 Å². The van der Waals surface area contributed by atoms with E-state index in [0.29, 0.717) is 22.4 Å². The summed E-state index contributed by atoms with van der Waals surface area (Å²) in [6.45, 7) is 5.88. The SMILES string of the molecule is Cc1noc2nc(C(C)C)cc(C(=O)Nc3ccccc3-c3ccccc3)c12. The third-order valence-corrected chi connectivity index (χ3v) is 4.73. The molecule has 2 aromatic heterocycles. The van der Waals surface area contributed by atoms with Gasteiger partial charge in [-0.25, -0.2) is 4.98 Å². The van der Waals surface area contributed by atoms with Crippen LogP contribution in [0.2, 0.25) is 0 Å². The Labute approximate surface area is 163 Å². The fourth-order valence-electron chi connectivity index (χ4n) is 3.24. The lowest BCUT2D eigenvalue weighted by molar-refractivity contribution is 0.102. The van der Waals surface area contributed by atoms with Gasteiger partial charge in [-0.1, -0.05) is 67.5 Å². The van der Waals surface area contributed by atoms with Crippen LogP contribution in [-0.4, -0.2) is 16.0 Å². The molecule has 5 heteroatoms. The Bertz CT molecular complexity index is 1150. The van der Waals surface area contributed by atoms with Gasteiger partial charge < -0.3 is 9.84 Å². The molecule has 28 heavy (non-hydrogen) atoms.